The third kappa shape index (κ3) is 4.67. The number of carbonyl (C=O) groups is 1. The highest BCUT2D eigenvalue weighted by atomic mass is 32.1. The largest absolute Gasteiger partial charge is 0.487 e. The lowest BCUT2D eigenvalue weighted by atomic mass is 10.1. The van der Waals surface area contributed by atoms with Crippen molar-refractivity contribution in [2.24, 2.45) is 0 Å². The summed E-state index contributed by atoms with van der Waals surface area (Å²) in [7, 11) is 0. The zero-order valence-corrected chi connectivity index (χ0v) is 16.1. The summed E-state index contributed by atoms with van der Waals surface area (Å²) in [4.78, 5) is 20.5. The fraction of sp³-hybridized carbons (Fsp3) is 0.0952. The van der Waals surface area contributed by atoms with Crippen molar-refractivity contribution in [3.05, 3.63) is 94.7 Å². The van der Waals surface area contributed by atoms with Gasteiger partial charge in [-0.15, -0.1) is 11.3 Å². The van der Waals surface area contributed by atoms with Crippen LogP contribution < -0.4 is 10.1 Å². The Morgan fingerprint density at radius 3 is 2.93 bits per heavy atom. The summed E-state index contributed by atoms with van der Waals surface area (Å²) in [6.07, 6.45) is 4.79. The zero-order chi connectivity index (χ0) is 20.1. The van der Waals surface area contributed by atoms with Crippen molar-refractivity contribution < 1.29 is 13.9 Å². The molecule has 0 bridgehead atoms. The van der Waals surface area contributed by atoms with Gasteiger partial charge in [-0.05, 0) is 35.9 Å². The second kappa shape index (κ2) is 8.66. The van der Waals surface area contributed by atoms with Gasteiger partial charge in [0.2, 0.25) is 0 Å². The van der Waals surface area contributed by atoms with E-state index >= 15 is 0 Å². The highest BCUT2D eigenvalue weighted by Gasteiger charge is 2.09. The molecule has 29 heavy (non-hydrogen) atoms. The SMILES string of the molecule is O=C(NCc1ccc(-n2ccnc2)c(F)c1)c1cccc(OCc2cscn2)c1. The van der Waals surface area contributed by atoms with Gasteiger partial charge in [0.05, 0.1) is 23.2 Å². The summed E-state index contributed by atoms with van der Waals surface area (Å²) in [6, 6.07) is 11.7. The summed E-state index contributed by atoms with van der Waals surface area (Å²) in [5.41, 5.74) is 4.12. The number of thiazole rings is 1. The summed E-state index contributed by atoms with van der Waals surface area (Å²) >= 11 is 1.50. The van der Waals surface area contributed by atoms with Crippen LogP contribution in [0.2, 0.25) is 0 Å². The van der Waals surface area contributed by atoms with Gasteiger partial charge in [0.25, 0.3) is 5.91 Å². The summed E-state index contributed by atoms with van der Waals surface area (Å²) in [6.45, 7) is 0.557. The number of amides is 1. The second-order valence-electron chi connectivity index (χ2n) is 6.23. The number of ether oxygens (including phenoxy) is 1. The van der Waals surface area contributed by atoms with Gasteiger partial charge >= 0.3 is 0 Å². The minimum absolute atomic E-state index is 0.212. The zero-order valence-electron chi connectivity index (χ0n) is 15.3. The van der Waals surface area contributed by atoms with E-state index in [1.165, 1.54) is 23.7 Å². The van der Waals surface area contributed by atoms with Gasteiger partial charge in [0.1, 0.15) is 18.2 Å². The Kier molecular flexibility index (Phi) is 5.62. The minimum Gasteiger partial charge on any atom is -0.487 e. The van der Waals surface area contributed by atoms with Gasteiger partial charge in [-0.3, -0.25) is 4.79 Å². The molecule has 1 N–H and O–H groups in total. The first-order valence-electron chi connectivity index (χ1n) is 8.84. The Balaban J connectivity index is 1.37. The summed E-state index contributed by atoms with van der Waals surface area (Å²) < 4.78 is 21.6. The van der Waals surface area contributed by atoms with E-state index in [-0.39, 0.29) is 18.3 Å². The van der Waals surface area contributed by atoms with Crippen molar-refractivity contribution in [2.75, 3.05) is 0 Å². The predicted octanol–water partition coefficient (Wildman–Crippen LogP) is 3.98. The van der Waals surface area contributed by atoms with Crippen LogP contribution in [0.1, 0.15) is 21.6 Å². The van der Waals surface area contributed by atoms with E-state index in [1.54, 1.807) is 58.9 Å². The van der Waals surface area contributed by atoms with Crippen LogP contribution in [0, 0.1) is 5.82 Å². The molecule has 0 aliphatic rings. The number of nitrogens with one attached hydrogen (secondary N) is 1. The van der Waals surface area contributed by atoms with Crippen LogP contribution >= 0.6 is 11.3 Å². The normalized spacial score (nSPS) is 10.7. The van der Waals surface area contributed by atoms with Crippen LogP contribution in [0.4, 0.5) is 4.39 Å². The first kappa shape index (κ1) is 18.8. The van der Waals surface area contributed by atoms with Gasteiger partial charge in [-0.1, -0.05) is 12.1 Å². The molecule has 0 aliphatic carbocycles. The molecule has 0 saturated heterocycles. The fourth-order valence-electron chi connectivity index (χ4n) is 2.75. The lowest BCUT2D eigenvalue weighted by Crippen LogP contribution is -2.22. The third-order valence-corrected chi connectivity index (χ3v) is 4.85. The number of hydrogen-bond donors (Lipinski definition) is 1. The van der Waals surface area contributed by atoms with E-state index in [0.717, 1.165) is 5.69 Å². The summed E-state index contributed by atoms with van der Waals surface area (Å²) in [5, 5.41) is 4.71. The highest BCUT2D eigenvalue weighted by molar-refractivity contribution is 7.07. The van der Waals surface area contributed by atoms with Crippen molar-refractivity contribution in [1.82, 2.24) is 19.9 Å². The number of benzene rings is 2. The van der Waals surface area contributed by atoms with E-state index in [2.05, 4.69) is 15.3 Å². The first-order chi connectivity index (χ1) is 14.2. The van der Waals surface area contributed by atoms with Crippen LogP contribution in [-0.4, -0.2) is 20.4 Å². The molecule has 0 unspecified atom stereocenters. The monoisotopic (exact) mass is 408 g/mol. The van der Waals surface area contributed by atoms with E-state index in [4.69, 9.17) is 4.74 Å². The Morgan fingerprint density at radius 2 is 2.17 bits per heavy atom. The topological polar surface area (TPSA) is 69.0 Å². The molecule has 2 aromatic carbocycles. The van der Waals surface area contributed by atoms with Crippen molar-refractivity contribution in [1.29, 1.82) is 0 Å². The molecular formula is C21H17FN4O2S. The molecule has 146 valence electrons. The minimum atomic E-state index is -0.382. The molecule has 0 radical (unpaired) electrons. The molecule has 0 aliphatic heterocycles. The van der Waals surface area contributed by atoms with Crippen LogP contribution in [0.15, 0.2) is 72.1 Å². The second-order valence-corrected chi connectivity index (χ2v) is 6.95. The molecule has 0 spiro atoms. The van der Waals surface area contributed by atoms with Gasteiger partial charge in [0.15, 0.2) is 0 Å². The van der Waals surface area contributed by atoms with Crippen LogP contribution in [-0.2, 0) is 13.2 Å². The van der Waals surface area contributed by atoms with Gasteiger partial charge in [0, 0.05) is 29.9 Å². The lowest BCUT2D eigenvalue weighted by Gasteiger charge is -2.10. The Morgan fingerprint density at radius 1 is 1.24 bits per heavy atom. The Labute approximate surface area is 170 Å². The van der Waals surface area contributed by atoms with Gasteiger partial charge < -0.3 is 14.6 Å². The highest BCUT2D eigenvalue weighted by Crippen LogP contribution is 2.17. The Hall–Kier alpha value is -3.52. The number of imidazole rings is 1. The first-order valence-corrected chi connectivity index (χ1v) is 9.78. The van der Waals surface area contributed by atoms with Crippen molar-refractivity contribution in [2.45, 2.75) is 13.2 Å². The molecular weight excluding hydrogens is 391 g/mol. The average Bonchev–Trinajstić information content (AvgIpc) is 3.45. The molecule has 6 nitrogen and oxygen atoms in total. The number of rotatable bonds is 7. The molecule has 2 aromatic heterocycles. The molecule has 2 heterocycles. The molecule has 0 atom stereocenters. The lowest BCUT2D eigenvalue weighted by molar-refractivity contribution is 0.0950. The number of hydrogen-bond acceptors (Lipinski definition) is 5. The molecule has 8 heteroatoms. The maximum absolute atomic E-state index is 14.3. The predicted molar refractivity (Wildman–Crippen MR) is 108 cm³/mol. The number of halogens is 1. The van der Waals surface area contributed by atoms with Gasteiger partial charge in [-0.25, -0.2) is 14.4 Å². The molecule has 0 saturated carbocycles. The van der Waals surface area contributed by atoms with Gasteiger partial charge in [-0.2, -0.15) is 0 Å². The maximum atomic E-state index is 14.3. The number of aromatic nitrogens is 3. The van der Waals surface area contributed by atoms with E-state index < -0.39 is 0 Å². The molecule has 4 aromatic rings. The molecule has 4 rings (SSSR count). The van der Waals surface area contributed by atoms with Crippen LogP contribution in [0.3, 0.4) is 0 Å². The smallest absolute Gasteiger partial charge is 0.251 e. The molecule has 0 fully saturated rings. The van der Waals surface area contributed by atoms with Crippen LogP contribution in [0.5, 0.6) is 5.75 Å². The quantitative estimate of drug-likeness (QED) is 0.502. The van der Waals surface area contributed by atoms with E-state index in [9.17, 15) is 9.18 Å². The third-order valence-electron chi connectivity index (χ3n) is 4.21. The summed E-state index contributed by atoms with van der Waals surface area (Å²) in [5.74, 6) is -0.0585. The number of nitrogens with zero attached hydrogens (tertiary/aromatic N) is 3. The fourth-order valence-corrected chi connectivity index (χ4v) is 3.29. The van der Waals surface area contributed by atoms with Crippen molar-refractivity contribution in [3.8, 4) is 11.4 Å². The standard InChI is InChI=1S/C21H17FN4O2S/c22-19-8-15(4-5-20(19)26-7-6-23-13-26)10-24-21(27)16-2-1-3-18(9-16)28-11-17-12-29-14-25-17/h1-9,12-14H,10-11H2,(H,24,27). The Bertz CT molecular complexity index is 1100. The van der Waals surface area contributed by atoms with Crippen molar-refractivity contribution in [3.63, 3.8) is 0 Å². The van der Waals surface area contributed by atoms with E-state index in [1.807, 2.05) is 5.38 Å². The van der Waals surface area contributed by atoms with Crippen LogP contribution in [0.25, 0.3) is 5.69 Å². The van der Waals surface area contributed by atoms with Crippen molar-refractivity contribution >= 4 is 17.2 Å². The van der Waals surface area contributed by atoms with E-state index in [0.29, 0.717) is 29.2 Å². The average molecular weight is 408 g/mol. The molecule has 1 amide bonds. The number of carbonyl (C=O) groups excluding carboxylic acids is 1. The maximum Gasteiger partial charge on any atom is 0.251 e.